The molecule has 1 aromatic rings. The van der Waals surface area contributed by atoms with Crippen LogP contribution >= 0.6 is 0 Å². The normalized spacial score (nSPS) is 31.5. The van der Waals surface area contributed by atoms with E-state index in [-0.39, 0.29) is 5.91 Å². The van der Waals surface area contributed by atoms with Gasteiger partial charge in [-0.3, -0.25) is 9.48 Å². The molecule has 1 aliphatic heterocycles. The predicted octanol–water partition coefficient (Wildman–Crippen LogP) is 1.94. The number of amides is 1. The predicted molar refractivity (Wildman–Crippen MR) is 100 cm³/mol. The molecular weight excluding hydrogens is 328 g/mol. The van der Waals surface area contributed by atoms with Gasteiger partial charge in [0.2, 0.25) is 0 Å². The van der Waals surface area contributed by atoms with Crippen LogP contribution in [0.15, 0.2) is 6.07 Å². The molecule has 4 rings (SSSR count). The van der Waals surface area contributed by atoms with Gasteiger partial charge in [-0.25, -0.2) is 0 Å². The van der Waals surface area contributed by atoms with Crippen molar-refractivity contribution >= 4 is 5.91 Å². The van der Waals surface area contributed by atoms with Crippen LogP contribution in [0, 0.1) is 24.7 Å². The number of carbonyl (C=O) groups is 1. The minimum atomic E-state index is 0.0833. The van der Waals surface area contributed by atoms with Crippen molar-refractivity contribution in [3.63, 3.8) is 0 Å². The average Bonchev–Trinajstić information content (AvgIpc) is 3.25. The van der Waals surface area contributed by atoms with Crippen molar-refractivity contribution in [1.82, 2.24) is 19.6 Å². The van der Waals surface area contributed by atoms with Gasteiger partial charge in [-0.05, 0) is 70.5 Å². The number of aromatic nitrogens is 2. The van der Waals surface area contributed by atoms with E-state index < -0.39 is 0 Å². The van der Waals surface area contributed by atoms with E-state index >= 15 is 0 Å². The van der Waals surface area contributed by atoms with Crippen LogP contribution in [0.25, 0.3) is 0 Å². The first kappa shape index (κ1) is 18.0. The molecule has 6 nitrogen and oxygen atoms in total. The number of rotatable bonds is 5. The first-order valence-electron chi connectivity index (χ1n) is 10.00. The molecule has 0 N–H and O–H groups in total. The van der Waals surface area contributed by atoms with Crippen molar-refractivity contribution in [2.24, 2.45) is 24.8 Å². The summed E-state index contributed by atoms with van der Waals surface area (Å²) in [5.74, 6) is 2.02. The molecule has 1 saturated heterocycles. The standard InChI is InChI=1S/C20H32N4O2/c1-13-7-17(21-23(13)4)20(25)24-10-15-8-18(22(2)3)19(9-16(15)11-24)26-12-14-5-6-14/h7,14-16,18-19H,5-6,8-12H2,1-4H3/t15-,16+,18-,19-/m1/s1. The summed E-state index contributed by atoms with van der Waals surface area (Å²) in [6.07, 6.45) is 5.16. The number of fused-ring (bicyclic) bond motifs is 1. The molecule has 144 valence electrons. The summed E-state index contributed by atoms with van der Waals surface area (Å²) in [5.41, 5.74) is 1.60. The minimum absolute atomic E-state index is 0.0833. The second-order valence-electron chi connectivity index (χ2n) is 8.84. The molecule has 0 unspecified atom stereocenters. The Balaban J connectivity index is 1.42. The lowest BCUT2D eigenvalue weighted by Crippen LogP contribution is -2.48. The smallest absolute Gasteiger partial charge is 0.274 e. The van der Waals surface area contributed by atoms with E-state index in [1.54, 1.807) is 4.68 Å². The van der Waals surface area contributed by atoms with Crippen molar-refractivity contribution in [2.75, 3.05) is 33.8 Å². The van der Waals surface area contributed by atoms with E-state index in [1.807, 2.05) is 24.9 Å². The number of aryl methyl sites for hydroxylation is 2. The van der Waals surface area contributed by atoms with Crippen LogP contribution < -0.4 is 0 Å². The molecule has 0 radical (unpaired) electrons. The molecule has 2 heterocycles. The molecule has 6 heteroatoms. The van der Waals surface area contributed by atoms with Gasteiger partial charge in [0.15, 0.2) is 5.69 Å². The maximum absolute atomic E-state index is 12.9. The maximum atomic E-state index is 12.9. The van der Waals surface area contributed by atoms with Gasteiger partial charge in [-0.1, -0.05) is 0 Å². The largest absolute Gasteiger partial charge is 0.376 e. The van der Waals surface area contributed by atoms with Gasteiger partial charge in [-0.2, -0.15) is 5.10 Å². The van der Waals surface area contributed by atoms with Crippen molar-refractivity contribution in [1.29, 1.82) is 0 Å². The highest BCUT2D eigenvalue weighted by molar-refractivity contribution is 5.92. The van der Waals surface area contributed by atoms with Crippen LogP contribution in [0.3, 0.4) is 0 Å². The van der Waals surface area contributed by atoms with Crippen LogP contribution in [0.1, 0.15) is 41.9 Å². The Hall–Kier alpha value is -1.40. The molecule has 0 aromatic carbocycles. The van der Waals surface area contributed by atoms with Crippen molar-refractivity contribution in [3.05, 3.63) is 17.5 Å². The van der Waals surface area contributed by atoms with Gasteiger partial charge in [0.05, 0.1) is 6.10 Å². The molecular formula is C20H32N4O2. The Bertz CT molecular complexity index is 647. The van der Waals surface area contributed by atoms with Crippen LogP contribution in [-0.2, 0) is 11.8 Å². The molecule has 0 spiro atoms. The van der Waals surface area contributed by atoms with Crippen LogP contribution in [-0.4, -0.2) is 71.4 Å². The average molecular weight is 361 g/mol. The minimum Gasteiger partial charge on any atom is -0.376 e. The van der Waals surface area contributed by atoms with E-state index in [0.717, 1.165) is 44.1 Å². The lowest BCUT2D eigenvalue weighted by atomic mass is 9.77. The topological polar surface area (TPSA) is 50.6 Å². The summed E-state index contributed by atoms with van der Waals surface area (Å²) in [6, 6.07) is 2.36. The Labute approximate surface area is 156 Å². The molecule has 2 aliphatic carbocycles. The first-order chi connectivity index (χ1) is 12.4. The summed E-state index contributed by atoms with van der Waals surface area (Å²) >= 11 is 0. The van der Waals surface area contributed by atoms with E-state index in [0.29, 0.717) is 29.7 Å². The van der Waals surface area contributed by atoms with E-state index in [4.69, 9.17) is 4.74 Å². The monoisotopic (exact) mass is 360 g/mol. The lowest BCUT2D eigenvalue weighted by Gasteiger charge is -2.41. The molecule has 1 amide bonds. The highest BCUT2D eigenvalue weighted by atomic mass is 16.5. The van der Waals surface area contributed by atoms with E-state index in [1.165, 1.54) is 12.8 Å². The van der Waals surface area contributed by atoms with E-state index in [9.17, 15) is 4.79 Å². The zero-order valence-corrected chi connectivity index (χ0v) is 16.5. The Morgan fingerprint density at radius 3 is 2.54 bits per heavy atom. The van der Waals surface area contributed by atoms with Gasteiger partial charge >= 0.3 is 0 Å². The lowest BCUT2D eigenvalue weighted by molar-refractivity contribution is -0.0493. The maximum Gasteiger partial charge on any atom is 0.274 e. The third kappa shape index (κ3) is 3.54. The number of carbonyl (C=O) groups excluding carboxylic acids is 1. The van der Waals surface area contributed by atoms with Gasteiger partial charge < -0.3 is 14.5 Å². The Morgan fingerprint density at radius 2 is 1.96 bits per heavy atom. The Kier molecular flexibility index (Phi) is 4.82. The highest BCUT2D eigenvalue weighted by Gasteiger charge is 2.45. The number of hydrogen-bond acceptors (Lipinski definition) is 4. The van der Waals surface area contributed by atoms with Crippen LogP contribution in [0.5, 0.6) is 0 Å². The zero-order valence-electron chi connectivity index (χ0n) is 16.5. The molecule has 0 bridgehead atoms. The van der Waals surface area contributed by atoms with Crippen LogP contribution in [0.4, 0.5) is 0 Å². The van der Waals surface area contributed by atoms with Gasteiger partial charge in [0.25, 0.3) is 5.91 Å². The molecule has 3 fully saturated rings. The fourth-order valence-corrected chi connectivity index (χ4v) is 4.65. The number of hydrogen-bond donors (Lipinski definition) is 0. The first-order valence-corrected chi connectivity index (χ1v) is 10.00. The number of likely N-dealkylation sites (N-methyl/N-ethyl adjacent to an activating group) is 1. The summed E-state index contributed by atoms with van der Waals surface area (Å²) in [5, 5.41) is 4.38. The van der Waals surface area contributed by atoms with Crippen molar-refractivity contribution in [2.45, 2.75) is 44.8 Å². The second-order valence-corrected chi connectivity index (χ2v) is 8.84. The fraction of sp³-hybridized carbons (Fsp3) is 0.800. The quantitative estimate of drug-likeness (QED) is 0.805. The third-order valence-corrected chi connectivity index (χ3v) is 6.61. The van der Waals surface area contributed by atoms with Crippen LogP contribution in [0.2, 0.25) is 0 Å². The zero-order chi connectivity index (χ0) is 18.4. The fourth-order valence-electron chi connectivity index (χ4n) is 4.65. The summed E-state index contributed by atoms with van der Waals surface area (Å²) in [6.45, 7) is 4.61. The highest BCUT2D eigenvalue weighted by Crippen LogP contribution is 2.40. The number of likely N-dealkylation sites (tertiary alicyclic amines) is 1. The van der Waals surface area contributed by atoms with E-state index in [2.05, 4.69) is 24.1 Å². The molecule has 4 atom stereocenters. The van der Waals surface area contributed by atoms with Crippen molar-refractivity contribution < 1.29 is 9.53 Å². The number of ether oxygens (including phenoxy) is 1. The summed E-state index contributed by atoms with van der Waals surface area (Å²) in [7, 11) is 6.21. The summed E-state index contributed by atoms with van der Waals surface area (Å²) in [4.78, 5) is 17.2. The third-order valence-electron chi connectivity index (χ3n) is 6.61. The molecule has 3 aliphatic rings. The summed E-state index contributed by atoms with van der Waals surface area (Å²) < 4.78 is 8.11. The van der Waals surface area contributed by atoms with Gasteiger partial charge in [0, 0.05) is 38.5 Å². The molecule has 2 saturated carbocycles. The number of nitrogens with zero attached hydrogens (tertiary/aromatic N) is 4. The second kappa shape index (κ2) is 6.97. The Morgan fingerprint density at radius 1 is 1.27 bits per heavy atom. The SMILES string of the molecule is Cc1cc(C(=O)N2C[C@H]3C[C@@H](N(C)C)[C@H](OCC4CC4)C[C@H]3C2)nn1C. The van der Waals surface area contributed by atoms with Gasteiger partial charge in [0.1, 0.15) is 0 Å². The molecule has 26 heavy (non-hydrogen) atoms. The molecule has 1 aromatic heterocycles. The van der Waals surface area contributed by atoms with Crippen molar-refractivity contribution in [3.8, 4) is 0 Å². The van der Waals surface area contributed by atoms with Gasteiger partial charge in [-0.15, -0.1) is 0 Å².